The Labute approximate surface area is 179 Å². The van der Waals surface area contributed by atoms with E-state index in [1.54, 1.807) is 24.3 Å². The van der Waals surface area contributed by atoms with Crippen LogP contribution in [0.25, 0.3) is 0 Å². The fourth-order valence-electron chi connectivity index (χ4n) is 2.85. The molecular formula is C22H24ClF3N2O2. The molecule has 0 heterocycles. The topological polar surface area (TPSA) is 49.4 Å². The predicted octanol–water partition coefficient (Wildman–Crippen LogP) is 5.70. The number of halogens is 4. The van der Waals surface area contributed by atoms with Crippen molar-refractivity contribution in [1.29, 1.82) is 0 Å². The largest absolute Gasteiger partial charge is 0.416 e. The van der Waals surface area contributed by atoms with E-state index in [1.807, 2.05) is 6.92 Å². The van der Waals surface area contributed by atoms with Crippen molar-refractivity contribution < 1.29 is 22.8 Å². The van der Waals surface area contributed by atoms with Crippen LogP contribution < -0.4 is 10.2 Å². The Morgan fingerprint density at radius 3 is 2.40 bits per heavy atom. The van der Waals surface area contributed by atoms with Crippen LogP contribution in [0.15, 0.2) is 48.5 Å². The number of amides is 2. The van der Waals surface area contributed by atoms with Gasteiger partial charge in [0.05, 0.1) is 5.56 Å². The zero-order valence-corrected chi connectivity index (χ0v) is 17.4. The zero-order valence-electron chi connectivity index (χ0n) is 16.6. The molecule has 162 valence electrons. The molecular weight excluding hydrogens is 417 g/mol. The number of alkyl halides is 3. The molecule has 0 saturated heterocycles. The van der Waals surface area contributed by atoms with Crippen molar-refractivity contribution in [1.82, 2.24) is 5.32 Å². The minimum Gasteiger partial charge on any atom is -0.352 e. The van der Waals surface area contributed by atoms with Gasteiger partial charge < -0.3 is 10.2 Å². The molecule has 4 nitrogen and oxygen atoms in total. The maximum atomic E-state index is 13.1. The van der Waals surface area contributed by atoms with Crippen molar-refractivity contribution in [3.05, 3.63) is 64.7 Å². The molecule has 0 unspecified atom stereocenters. The third-order valence-corrected chi connectivity index (χ3v) is 4.73. The number of carbonyl (C=O) groups excluding carboxylic acids is 2. The number of unbranched alkanes of at least 4 members (excludes halogenated alkanes) is 1. The van der Waals surface area contributed by atoms with Crippen molar-refractivity contribution in [3.63, 3.8) is 0 Å². The average molecular weight is 441 g/mol. The van der Waals surface area contributed by atoms with Gasteiger partial charge in [-0.25, -0.2) is 0 Å². The summed E-state index contributed by atoms with van der Waals surface area (Å²) in [6.07, 6.45) is -2.38. The van der Waals surface area contributed by atoms with Crippen LogP contribution in [0.4, 0.5) is 18.9 Å². The van der Waals surface area contributed by atoms with Gasteiger partial charge in [-0.05, 0) is 55.3 Å². The average Bonchev–Trinajstić information content (AvgIpc) is 2.71. The Morgan fingerprint density at radius 1 is 1.07 bits per heavy atom. The van der Waals surface area contributed by atoms with Crippen LogP contribution >= 0.6 is 11.6 Å². The van der Waals surface area contributed by atoms with Gasteiger partial charge in [0, 0.05) is 35.8 Å². The molecule has 8 heteroatoms. The van der Waals surface area contributed by atoms with Crippen LogP contribution in [0.1, 0.15) is 48.5 Å². The Kier molecular flexibility index (Phi) is 8.72. The second-order valence-electron chi connectivity index (χ2n) is 6.81. The molecule has 30 heavy (non-hydrogen) atoms. The number of hydrogen-bond acceptors (Lipinski definition) is 2. The summed E-state index contributed by atoms with van der Waals surface area (Å²) < 4.78 is 39.2. The molecule has 2 aromatic carbocycles. The van der Waals surface area contributed by atoms with E-state index in [9.17, 15) is 22.8 Å². The van der Waals surface area contributed by atoms with Gasteiger partial charge in [-0.2, -0.15) is 13.2 Å². The lowest BCUT2D eigenvalue weighted by Crippen LogP contribution is -2.34. The number of carbonyl (C=O) groups is 2. The number of nitrogens with one attached hydrogen (secondary N) is 1. The summed E-state index contributed by atoms with van der Waals surface area (Å²) in [7, 11) is 0. The van der Waals surface area contributed by atoms with E-state index in [-0.39, 0.29) is 37.0 Å². The highest BCUT2D eigenvalue weighted by molar-refractivity contribution is 6.30. The lowest BCUT2D eigenvalue weighted by atomic mass is 10.1. The van der Waals surface area contributed by atoms with Crippen LogP contribution in [0, 0.1) is 0 Å². The van der Waals surface area contributed by atoms with Gasteiger partial charge in [-0.3, -0.25) is 9.59 Å². The van der Waals surface area contributed by atoms with E-state index in [1.165, 1.54) is 17.0 Å². The number of nitrogens with zero attached hydrogens (tertiary/aromatic N) is 1. The molecule has 2 aromatic rings. The summed E-state index contributed by atoms with van der Waals surface area (Å²) in [5.41, 5.74) is -0.146. The fourth-order valence-corrected chi connectivity index (χ4v) is 2.98. The minimum atomic E-state index is -4.49. The first-order valence-electron chi connectivity index (χ1n) is 9.73. The summed E-state index contributed by atoms with van der Waals surface area (Å²) in [6, 6.07) is 11.2. The Bertz CT molecular complexity index is 854. The zero-order chi connectivity index (χ0) is 22.1. The van der Waals surface area contributed by atoms with E-state index in [2.05, 4.69) is 5.32 Å². The Morgan fingerprint density at radius 2 is 1.77 bits per heavy atom. The van der Waals surface area contributed by atoms with E-state index in [0.717, 1.165) is 18.6 Å². The van der Waals surface area contributed by atoms with Crippen molar-refractivity contribution in [2.24, 2.45) is 0 Å². The van der Waals surface area contributed by atoms with Gasteiger partial charge in [0.1, 0.15) is 0 Å². The number of benzene rings is 2. The molecule has 0 aromatic heterocycles. The Balaban J connectivity index is 2.02. The SMILES string of the molecule is CCCCC(=O)N(CCCNC(=O)c1ccc(Cl)cc1)c1cccc(C(F)(F)F)c1. The molecule has 0 aliphatic heterocycles. The maximum absolute atomic E-state index is 13.1. The van der Waals surface area contributed by atoms with Crippen molar-refractivity contribution >= 4 is 29.1 Å². The smallest absolute Gasteiger partial charge is 0.352 e. The van der Waals surface area contributed by atoms with Gasteiger partial charge in [-0.15, -0.1) is 0 Å². The number of hydrogen-bond donors (Lipinski definition) is 1. The highest BCUT2D eigenvalue weighted by atomic mass is 35.5. The number of rotatable bonds is 9. The molecule has 0 bridgehead atoms. The van der Waals surface area contributed by atoms with E-state index in [0.29, 0.717) is 23.4 Å². The van der Waals surface area contributed by atoms with Crippen LogP contribution in [-0.4, -0.2) is 24.9 Å². The lowest BCUT2D eigenvalue weighted by Gasteiger charge is -2.24. The quantitative estimate of drug-likeness (QED) is 0.508. The molecule has 0 aliphatic rings. The van der Waals surface area contributed by atoms with Crippen LogP contribution in [0.5, 0.6) is 0 Å². The molecule has 0 aliphatic carbocycles. The van der Waals surface area contributed by atoms with E-state index in [4.69, 9.17) is 11.6 Å². The first kappa shape index (κ1) is 23.7. The van der Waals surface area contributed by atoms with Gasteiger partial charge in [0.25, 0.3) is 5.91 Å². The third-order valence-electron chi connectivity index (χ3n) is 4.48. The summed E-state index contributed by atoms with van der Waals surface area (Å²) in [6.45, 7) is 2.41. The maximum Gasteiger partial charge on any atom is 0.416 e. The van der Waals surface area contributed by atoms with Gasteiger partial charge in [0.2, 0.25) is 5.91 Å². The van der Waals surface area contributed by atoms with Gasteiger partial charge >= 0.3 is 6.18 Å². The van der Waals surface area contributed by atoms with Crippen molar-refractivity contribution in [3.8, 4) is 0 Å². The third kappa shape index (κ3) is 7.06. The Hall–Kier alpha value is -2.54. The summed E-state index contributed by atoms with van der Waals surface area (Å²) >= 11 is 5.80. The second-order valence-corrected chi connectivity index (χ2v) is 7.25. The molecule has 0 saturated carbocycles. The van der Waals surface area contributed by atoms with Crippen LogP contribution in [0.2, 0.25) is 5.02 Å². The second kappa shape index (κ2) is 11.0. The minimum absolute atomic E-state index is 0.199. The molecule has 2 rings (SSSR count). The molecule has 2 amide bonds. The molecule has 0 atom stereocenters. The van der Waals surface area contributed by atoms with Crippen molar-refractivity contribution in [2.45, 2.75) is 38.8 Å². The standard InChI is InChI=1S/C22H24ClF3N2O2/c1-2-3-8-20(29)28(19-7-4-6-17(15-19)22(24,25)26)14-5-13-27-21(30)16-9-11-18(23)12-10-16/h4,6-7,9-12,15H,2-3,5,8,13-14H2,1H3,(H,27,30). The molecule has 1 N–H and O–H groups in total. The summed E-state index contributed by atoms with van der Waals surface area (Å²) in [5, 5.41) is 3.27. The molecule has 0 radical (unpaired) electrons. The highest BCUT2D eigenvalue weighted by Gasteiger charge is 2.31. The van der Waals surface area contributed by atoms with Gasteiger partial charge in [0.15, 0.2) is 0 Å². The van der Waals surface area contributed by atoms with E-state index >= 15 is 0 Å². The monoisotopic (exact) mass is 440 g/mol. The first-order chi connectivity index (χ1) is 14.2. The highest BCUT2D eigenvalue weighted by Crippen LogP contribution is 2.32. The van der Waals surface area contributed by atoms with Crippen molar-refractivity contribution in [2.75, 3.05) is 18.0 Å². The van der Waals surface area contributed by atoms with Crippen LogP contribution in [0.3, 0.4) is 0 Å². The fraction of sp³-hybridized carbons (Fsp3) is 0.364. The normalized spacial score (nSPS) is 11.2. The first-order valence-corrected chi connectivity index (χ1v) is 10.1. The van der Waals surface area contributed by atoms with E-state index < -0.39 is 11.7 Å². The molecule has 0 fully saturated rings. The molecule has 0 spiro atoms. The predicted molar refractivity (Wildman–Crippen MR) is 112 cm³/mol. The summed E-state index contributed by atoms with van der Waals surface area (Å²) in [5.74, 6) is -0.519. The summed E-state index contributed by atoms with van der Waals surface area (Å²) in [4.78, 5) is 26.1. The van der Waals surface area contributed by atoms with Gasteiger partial charge in [-0.1, -0.05) is 31.0 Å². The number of anilines is 1. The van der Waals surface area contributed by atoms with Crippen LogP contribution in [-0.2, 0) is 11.0 Å². The lowest BCUT2D eigenvalue weighted by molar-refractivity contribution is -0.137.